The number of aromatic nitrogens is 1. The van der Waals surface area contributed by atoms with Gasteiger partial charge in [0.2, 0.25) is 11.8 Å². The number of carbonyl (C=O) groups excluding carboxylic acids is 1. The second-order valence-corrected chi connectivity index (χ2v) is 7.75. The van der Waals surface area contributed by atoms with Crippen LogP contribution in [0.1, 0.15) is 16.3 Å². The highest BCUT2D eigenvalue weighted by Gasteiger charge is 2.23. The van der Waals surface area contributed by atoms with Crippen LogP contribution in [0.25, 0.3) is 11.5 Å². The van der Waals surface area contributed by atoms with Crippen LogP contribution in [0.5, 0.6) is 0 Å². The summed E-state index contributed by atoms with van der Waals surface area (Å²) in [6.07, 6.45) is -0.0651. The number of amides is 1. The monoisotopic (exact) mass is 424 g/mol. The van der Waals surface area contributed by atoms with Gasteiger partial charge in [-0.15, -0.1) is 11.3 Å². The number of hydrogen-bond donors (Lipinski definition) is 0. The van der Waals surface area contributed by atoms with E-state index >= 15 is 0 Å². The van der Waals surface area contributed by atoms with Gasteiger partial charge >= 0.3 is 0 Å². The van der Waals surface area contributed by atoms with E-state index in [1.165, 1.54) is 22.3 Å². The molecule has 0 aliphatic heterocycles. The number of carbonyl (C=O) groups is 1. The van der Waals surface area contributed by atoms with Crippen LogP contribution in [0.15, 0.2) is 70.5 Å². The molecule has 152 valence electrons. The van der Waals surface area contributed by atoms with E-state index in [0.717, 1.165) is 22.6 Å². The average molecular weight is 424 g/mol. The quantitative estimate of drug-likeness (QED) is 0.395. The van der Waals surface area contributed by atoms with Gasteiger partial charge in [-0.2, -0.15) is 0 Å². The Morgan fingerprint density at radius 3 is 2.60 bits per heavy atom. The van der Waals surface area contributed by atoms with E-state index < -0.39 is 11.6 Å². The summed E-state index contributed by atoms with van der Waals surface area (Å²) in [5.74, 6) is -0.891. The number of benzene rings is 2. The number of nitrogens with zero attached hydrogens (tertiary/aromatic N) is 2. The predicted molar refractivity (Wildman–Crippen MR) is 112 cm³/mol. The molecule has 0 atom stereocenters. The molecule has 1 amide bonds. The Morgan fingerprint density at radius 2 is 1.90 bits per heavy atom. The minimum atomic E-state index is -0.790. The van der Waals surface area contributed by atoms with Crippen molar-refractivity contribution in [2.75, 3.05) is 4.90 Å². The van der Waals surface area contributed by atoms with E-state index in [1.807, 2.05) is 47.8 Å². The Morgan fingerprint density at radius 1 is 1.10 bits per heavy atom. The predicted octanol–water partition coefficient (Wildman–Crippen LogP) is 5.77. The highest BCUT2D eigenvalue weighted by molar-refractivity contribution is 7.09. The first kappa shape index (κ1) is 20.0. The van der Waals surface area contributed by atoms with Crippen LogP contribution in [0, 0.1) is 18.6 Å². The van der Waals surface area contributed by atoms with Crippen molar-refractivity contribution < 1.29 is 18.0 Å². The zero-order valence-electron chi connectivity index (χ0n) is 16.1. The van der Waals surface area contributed by atoms with Crippen molar-refractivity contribution in [3.8, 4) is 11.5 Å². The third-order valence-corrected chi connectivity index (χ3v) is 5.49. The smallest absolute Gasteiger partial charge is 0.233 e. The van der Waals surface area contributed by atoms with Crippen molar-refractivity contribution >= 4 is 22.9 Å². The van der Waals surface area contributed by atoms with E-state index in [-0.39, 0.29) is 24.6 Å². The molecule has 2 heterocycles. The maximum atomic E-state index is 14.5. The first-order valence-corrected chi connectivity index (χ1v) is 10.2. The van der Waals surface area contributed by atoms with Crippen LogP contribution in [-0.4, -0.2) is 10.9 Å². The van der Waals surface area contributed by atoms with Gasteiger partial charge in [-0.05, 0) is 42.6 Å². The van der Waals surface area contributed by atoms with Crippen molar-refractivity contribution in [3.63, 3.8) is 0 Å². The highest BCUT2D eigenvalue weighted by Crippen LogP contribution is 2.26. The van der Waals surface area contributed by atoms with Gasteiger partial charge in [-0.1, -0.05) is 24.3 Å². The standard InChI is InChI=1S/C23H18F2N2O2S/c1-15-20(26-23(29-15)16-6-3-2-4-7-16)13-22(28)27(14-18-8-5-11-30-18)21-10-9-17(24)12-19(21)25/h2-12H,13-14H2,1H3. The SMILES string of the molecule is Cc1oc(-c2ccccc2)nc1CC(=O)N(Cc1cccs1)c1ccc(F)cc1F. The molecule has 0 fully saturated rings. The van der Waals surface area contributed by atoms with Crippen molar-refractivity contribution in [2.24, 2.45) is 0 Å². The van der Waals surface area contributed by atoms with Gasteiger partial charge in [0.15, 0.2) is 0 Å². The number of anilines is 1. The minimum Gasteiger partial charge on any atom is -0.441 e. The van der Waals surface area contributed by atoms with Crippen molar-refractivity contribution in [1.82, 2.24) is 4.98 Å². The molecule has 0 N–H and O–H groups in total. The molecule has 4 nitrogen and oxygen atoms in total. The van der Waals surface area contributed by atoms with Crippen LogP contribution >= 0.6 is 11.3 Å². The summed E-state index contributed by atoms with van der Waals surface area (Å²) in [5, 5.41) is 1.88. The van der Waals surface area contributed by atoms with Gasteiger partial charge in [0.1, 0.15) is 17.4 Å². The zero-order valence-corrected chi connectivity index (χ0v) is 17.0. The molecule has 0 radical (unpaired) electrons. The average Bonchev–Trinajstić information content (AvgIpc) is 3.37. The molecule has 0 saturated heterocycles. The molecular formula is C23H18F2N2O2S. The fourth-order valence-electron chi connectivity index (χ4n) is 3.10. The summed E-state index contributed by atoms with van der Waals surface area (Å²) in [6.45, 7) is 1.92. The van der Waals surface area contributed by atoms with Gasteiger partial charge in [-0.25, -0.2) is 13.8 Å². The van der Waals surface area contributed by atoms with Crippen molar-refractivity contribution in [1.29, 1.82) is 0 Å². The molecule has 4 rings (SSSR count). The molecule has 0 aliphatic rings. The number of aryl methyl sites for hydroxylation is 1. The number of rotatable bonds is 6. The molecule has 30 heavy (non-hydrogen) atoms. The lowest BCUT2D eigenvalue weighted by molar-refractivity contribution is -0.118. The van der Waals surface area contributed by atoms with Gasteiger partial charge in [0.05, 0.1) is 24.3 Å². The second kappa shape index (κ2) is 8.59. The van der Waals surface area contributed by atoms with E-state index in [0.29, 0.717) is 17.3 Å². The Labute approximate surface area is 176 Å². The van der Waals surface area contributed by atoms with E-state index in [2.05, 4.69) is 4.98 Å². The molecule has 4 aromatic rings. The van der Waals surface area contributed by atoms with Gasteiger partial charge in [0.25, 0.3) is 0 Å². The topological polar surface area (TPSA) is 46.3 Å². The Bertz CT molecular complexity index is 1160. The van der Waals surface area contributed by atoms with Crippen molar-refractivity contribution in [2.45, 2.75) is 19.9 Å². The van der Waals surface area contributed by atoms with Crippen LogP contribution in [0.2, 0.25) is 0 Å². The molecule has 0 aliphatic carbocycles. The first-order valence-electron chi connectivity index (χ1n) is 9.31. The molecule has 0 bridgehead atoms. The van der Waals surface area contributed by atoms with Crippen LogP contribution in [-0.2, 0) is 17.8 Å². The molecule has 2 aromatic carbocycles. The Hall–Kier alpha value is -3.32. The summed E-state index contributed by atoms with van der Waals surface area (Å²) < 4.78 is 33.6. The Kier molecular flexibility index (Phi) is 5.72. The number of hydrogen-bond acceptors (Lipinski definition) is 4. The largest absolute Gasteiger partial charge is 0.441 e. The van der Waals surface area contributed by atoms with Gasteiger partial charge < -0.3 is 9.32 Å². The minimum absolute atomic E-state index is 0.0271. The molecule has 2 aromatic heterocycles. The molecule has 7 heteroatoms. The number of halogens is 2. The first-order chi connectivity index (χ1) is 14.5. The summed E-state index contributed by atoms with van der Waals surface area (Å²) in [7, 11) is 0. The summed E-state index contributed by atoms with van der Waals surface area (Å²) >= 11 is 1.46. The summed E-state index contributed by atoms with van der Waals surface area (Å²) in [6, 6.07) is 16.3. The third-order valence-electron chi connectivity index (χ3n) is 4.63. The van der Waals surface area contributed by atoms with Crippen LogP contribution in [0.4, 0.5) is 14.5 Å². The lowest BCUT2D eigenvalue weighted by Crippen LogP contribution is -2.32. The van der Waals surface area contributed by atoms with E-state index in [1.54, 1.807) is 6.92 Å². The van der Waals surface area contributed by atoms with Crippen molar-refractivity contribution in [3.05, 3.63) is 94.0 Å². The molecule has 0 unspecified atom stereocenters. The molecule has 0 spiro atoms. The van der Waals surface area contributed by atoms with Gasteiger partial charge in [-0.3, -0.25) is 4.79 Å². The Balaban J connectivity index is 1.63. The van der Waals surface area contributed by atoms with E-state index in [9.17, 15) is 13.6 Å². The fourth-order valence-corrected chi connectivity index (χ4v) is 3.79. The summed E-state index contributed by atoms with van der Waals surface area (Å²) in [5.41, 5.74) is 1.32. The maximum Gasteiger partial charge on any atom is 0.233 e. The highest BCUT2D eigenvalue weighted by atomic mass is 32.1. The maximum absolute atomic E-state index is 14.5. The number of oxazole rings is 1. The molecule has 0 saturated carbocycles. The zero-order chi connectivity index (χ0) is 21.1. The lowest BCUT2D eigenvalue weighted by Gasteiger charge is -2.22. The molecular weight excluding hydrogens is 406 g/mol. The fraction of sp³-hybridized carbons (Fsp3) is 0.130. The lowest BCUT2D eigenvalue weighted by atomic mass is 10.2. The normalized spacial score (nSPS) is 10.9. The number of thiophene rings is 1. The second-order valence-electron chi connectivity index (χ2n) is 6.72. The van der Waals surface area contributed by atoms with Crippen LogP contribution < -0.4 is 4.90 Å². The van der Waals surface area contributed by atoms with E-state index in [4.69, 9.17) is 4.42 Å². The third kappa shape index (κ3) is 4.31. The van der Waals surface area contributed by atoms with Gasteiger partial charge in [0, 0.05) is 16.5 Å². The summed E-state index contributed by atoms with van der Waals surface area (Å²) in [4.78, 5) is 19.8. The van der Waals surface area contributed by atoms with Crippen LogP contribution in [0.3, 0.4) is 0 Å².